The second kappa shape index (κ2) is 5.70. The number of carbonyl (C=O) groups is 1. The number of nitrogens with one attached hydrogen (secondary N) is 1. The van der Waals surface area contributed by atoms with Gasteiger partial charge in [0.1, 0.15) is 5.69 Å². The van der Waals surface area contributed by atoms with Crippen LogP contribution < -0.4 is 10.8 Å². The smallest absolute Gasteiger partial charge is 0.128 e. The van der Waals surface area contributed by atoms with E-state index in [1.165, 1.54) is 22.2 Å². The largest absolute Gasteiger partial charge is 0.549 e. The van der Waals surface area contributed by atoms with Crippen LogP contribution in [0.4, 0.5) is 5.69 Å². The molecular formula is C12H15ClN2O2. The van der Waals surface area contributed by atoms with Crippen molar-refractivity contribution in [1.29, 1.82) is 0 Å². The molecule has 0 aliphatic heterocycles. The summed E-state index contributed by atoms with van der Waals surface area (Å²) in [6.45, 7) is 4.23. The van der Waals surface area contributed by atoms with Gasteiger partial charge in [0.25, 0.3) is 0 Å². The van der Waals surface area contributed by atoms with Crippen molar-refractivity contribution in [2.75, 3.05) is 5.88 Å². The number of hydrogen-bond donors (Lipinski definition) is 2. The molecule has 1 aromatic carbocycles. The molecule has 0 aliphatic carbocycles. The minimum atomic E-state index is -1.23. The second-order valence-corrected chi connectivity index (χ2v) is 4.03. The molecule has 0 fully saturated rings. The Morgan fingerprint density at radius 1 is 1.47 bits per heavy atom. The number of benzene rings is 1. The standard InChI is InChI=1S/C10H12N2.C2H3ClO2/c1-6-7(2)12-10-4-3-8(11)5-9(6)10;3-1-2(4)5/h3-5,12H,11H2,1-2H3;1H2,(H,4,5). The average Bonchev–Trinajstić information content (AvgIpc) is 2.56. The van der Waals surface area contributed by atoms with Crippen LogP contribution in [0.15, 0.2) is 18.2 Å². The van der Waals surface area contributed by atoms with E-state index in [2.05, 4.69) is 48.3 Å². The average molecular weight is 255 g/mol. The molecule has 4 nitrogen and oxygen atoms in total. The maximum atomic E-state index is 9.12. The summed E-state index contributed by atoms with van der Waals surface area (Å²) in [6.07, 6.45) is 0. The lowest BCUT2D eigenvalue weighted by molar-refractivity contribution is -0.301. The minimum absolute atomic E-state index is 0.417. The first kappa shape index (κ1) is 13.5. The van der Waals surface area contributed by atoms with Gasteiger partial charge in [0.15, 0.2) is 0 Å². The number of carbonyl (C=O) groups excluding carboxylic acids is 1. The second-order valence-electron chi connectivity index (χ2n) is 3.76. The lowest BCUT2D eigenvalue weighted by Crippen LogP contribution is -2.39. The van der Waals surface area contributed by atoms with E-state index < -0.39 is 11.8 Å². The first-order valence-electron chi connectivity index (χ1n) is 5.12. The van der Waals surface area contributed by atoms with Gasteiger partial charge in [-0.05, 0) is 25.5 Å². The summed E-state index contributed by atoms with van der Waals surface area (Å²) in [7, 11) is 0. The summed E-state index contributed by atoms with van der Waals surface area (Å²) in [4.78, 5) is 12.5. The molecule has 1 heterocycles. The first-order chi connectivity index (χ1) is 7.95. The SMILES string of the molecule is Cc1[nH]c2ccc([NH3+])cc2c1C.O=C([O-])CCl. The number of halogens is 1. The van der Waals surface area contributed by atoms with Crippen LogP contribution in [-0.4, -0.2) is 16.8 Å². The number of carboxylic acid groups (broad SMARTS) is 1. The molecule has 92 valence electrons. The molecular weight excluding hydrogens is 240 g/mol. The van der Waals surface area contributed by atoms with E-state index in [1.807, 2.05) is 6.07 Å². The van der Waals surface area contributed by atoms with Gasteiger partial charge in [-0.1, -0.05) is 0 Å². The molecule has 0 amide bonds. The number of aromatic amines is 1. The van der Waals surface area contributed by atoms with Crippen molar-refractivity contribution in [1.82, 2.24) is 4.98 Å². The third kappa shape index (κ3) is 3.47. The number of aromatic nitrogens is 1. The third-order valence-electron chi connectivity index (χ3n) is 2.48. The normalized spacial score (nSPS) is 9.88. The molecule has 0 aliphatic rings. The van der Waals surface area contributed by atoms with Crippen LogP contribution in [0.1, 0.15) is 11.3 Å². The quantitative estimate of drug-likeness (QED) is 0.732. The number of carboxylic acids is 1. The molecule has 0 bridgehead atoms. The van der Waals surface area contributed by atoms with E-state index in [0.29, 0.717) is 0 Å². The van der Waals surface area contributed by atoms with Gasteiger partial charge in [0, 0.05) is 28.7 Å². The molecule has 1 aromatic heterocycles. The van der Waals surface area contributed by atoms with E-state index >= 15 is 0 Å². The van der Waals surface area contributed by atoms with E-state index in [4.69, 9.17) is 9.90 Å². The highest BCUT2D eigenvalue weighted by molar-refractivity contribution is 6.25. The summed E-state index contributed by atoms with van der Waals surface area (Å²) in [5, 5.41) is 10.4. The highest BCUT2D eigenvalue weighted by atomic mass is 35.5. The van der Waals surface area contributed by atoms with Crippen molar-refractivity contribution in [3.05, 3.63) is 29.5 Å². The Bertz CT molecular complexity index is 535. The van der Waals surface area contributed by atoms with Gasteiger partial charge in [-0.25, -0.2) is 0 Å². The maximum absolute atomic E-state index is 9.12. The number of aliphatic carboxylic acids is 1. The van der Waals surface area contributed by atoms with Gasteiger partial charge < -0.3 is 20.6 Å². The topological polar surface area (TPSA) is 83.6 Å². The van der Waals surface area contributed by atoms with Gasteiger partial charge in [0.2, 0.25) is 0 Å². The van der Waals surface area contributed by atoms with Gasteiger partial charge in [-0.2, -0.15) is 0 Å². The molecule has 0 unspecified atom stereocenters. The maximum Gasteiger partial charge on any atom is 0.128 e. The molecule has 0 saturated carbocycles. The summed E-state index contributed by atoms with van der Waals surface area (Å²) in [6, 6.07) is 6.23. The molecule has 17 heavy (non-hydrogen) atoms. The van der Waals surface area contributed by atoms with Crippen LogP contribution in [0, 0.1) is 13.8 Å². The Kier molecular flexibility index (Phi) is 4.54. The highest BCUT2D eigenvalue weighted by Gasteiger charge is 2.03. The fourth-order valence-electron chi connectivity index (χ4n) is 1.51. The van der Waals surface area contributed by atoms with Crippen LogP contribution in [0.5, 0.6) is 0 Å². The Labute approximate surface area is 104 Å². The number of hydrogen-bond acceptors (Lipinski definition) is 2. The zero-order valence-corrected chi connectivity index (χ0v) is 10.6. The molecule has 0 saturated heterocycles. The van der Waals surface area contributed by atoms with Gasteiger partial charge in [-0.15, -0.1) is 11.6 Å². The Balaban J connectivity index is 0.000000249. The molecule has 4 N–H and O–H groups in total. The number of quaternary nitrogens is 1. The van der Waals surface area contributed by atoms with Crippen LogP contribution >= 0.6 is 11.6 Å². The molecule has 0 spiro atoms. The number of aryl methyl sites for hydroxylation is 2. The molecule has 0 radical (unpaired) electrons. The zero-order chi connectivity index (χ0) is 13.0. The molecule has 5 heteroatoms. The molecule has 0 atom stereocenters. The zero-order valence-electron chi connectivity index (χ0n) is 9.84. The lowest BCUT2D eigenvalue weighted by atomic mass is 10.1. The van der Waals surface area contributed by atoms with Gasteiger partial charge in [-0.3, -0.25) is 0 Å². The minimum Gasteiger partial charge on any atom is -0.549 e. The Morgan fingerprint density at radius 2 is 2.06 bits per heavy atom. The molecule has 2 aromatic rings. The van der Waals surface area contributed by atoms with Crippen LogP contribution in [0.25, 0.3) is 10.9 Å². The predicted octanol–water partition coefficient (Wildman–Crippen LogP) is 0.633. The van der Waals surface area contributed by atoms with E-state index in [9.17, 15) is 0 Å². The number of fused-ring (bicyclic) bond motifs is 1. The summed E-state index contributed by atoms with van der Waals surface area (Å²) in [5.74, 6) is -1.65. The van der Waals surface area contributed by atoms with E-state index in [-0.39, 0.29) is 0 Å². The van der Waals surface area contributed by atoms with Crippen molar-refractivity contribution in [3.8, 4) is 0 Å². The van der Waals surface area contributed by atoms with E-state index in [1.54, 1.807) is 0 Å². The van der Waals surface area contributed by atoms with Crippen molar-refractivity contribution in [2.45, 2.75) is 13.8 Å². The van der Waals surface area contributed by atoms with Crippen molar-refractivity contribution < 1.29 is 15.6 Å². The van der Waals surface area contributed by atoms with Gasteiger partial charge in [0.05, 0.1) is 11.8 Å². The first-order valence-corrected chi connectivity index (χ1v) is 5.66. The number of H-pyrrole nitrogens is 1. The van der Waals surface area contributed by atoms with Crippen LogP contribution in [-0.2, 0) is 4.79 Å². The fourth-order valence-corrected chi connectivity index (χ4v) is 1.51. The predicted molar refractivity (Wildman–Crippen MR) is 66.0 cm³/mol. The monoisotopic (exact) mass is 254 g/mol. The van der Waals surface area contributed by atoms with Crippen molar-refractivity contribution >= 4 is 34.2 Å². The Hall–Kier alpha value is -1.52. The van der Waals surface area contributed by atoms with Crippen molar-refractivity contribution in [3.63, 3.8) is 0 Å². The summed E-state index contributed by atoms with van der Waals surface area (Å²) in [5.41, 5.74) is 8.76. The van der Waals surface area contributed by atoms with Gasteiger partial charge >= 0.3 is 0 Å². The van der Waals surface area contributed by atoms with Crippen molar-refractivity contribution in [2.24, 2.45) is 0 Å². The Morgan fingerprint density at radius 3 is 2.59 bits per heavy atom. The number of alkyl halides is 1. The summed E-state index contributed by atoms with van der Waals surface area (Å²) < 4.78 is 0. The summed E-state index contributed by atoms with van der Waals surface area (Å²) >= 11 is 4.67. The lowest BCUT2D eigenvalue weighted by Gasteiger charge is -1.90. The third-order valence-corrected chi connectivity index (χ3v) is 2.70. The van der Waals surface area contributed by atoms with E-state index in [0.717, 1.165) is 5.69 Å². The van der Waals surface area contributed by atoms with Crippen LogP contribution in [0.3, 0.4) is 0 Å². The molecule has 2 rings (SSSR count). The highest BCUT2D eigenvalue weighted by Crippen LogP contribution is 2.22. The van der Waals surface area contributed by atoms with Crippen LogP contribution in [0.2, 0.25) is 0 Å². The fraction of sp³-hybridized carbons (Fsp3) is 0.250. The number of rotatable bonds is 1.